The highest BCUT2D eigenvalue weighted by molar-refractivity contribution is 9.10. The van der Waals surface area contributed by atoms with Gasteiger partial charge in [-0.3, -0.25) is 4.79 Å². The van der Waals surface area contributed by atoms with E-state index in [1.807, 2.05) is 66.3 Å². The van der Waals surface area contributed by atoms with Gasteiger partial charge in [-0.15, -0.1) is 0 Å². The number of aliphatic hydroxyl groups is 1. The number of nitrogens with zero attached hydrogens (tertiary/aromatic N) is 1. The molecule has 3 aromatic rings. The first-order valence-electron chi connectivity index (χ1n) is 8.28. The van der Waals surface area contributed by atoms with Crippen LogP contribution in [0.2, 0.25) is 0 Å². The predicted molar refractivity (Wildman–Crippen MR) is 103 cm³/mol. The fourth-order valence-corrected chi connectivity index (χ4v) is 3.48. The summed E-state index contributed by atoms with van der Waals surface area (Å²) in [6, 6.07) is 15.8. The number of aryl methyl sites for hydroxylation is 2. The molecule has 1 atom stereocenters. The molecule has 5 heteroatoms. The van der Waals surface area contributed by atoms with E-state index in [0.717, 1.165) is 26.5 Å². The molecule has 0 radical (unpaired) electrons. The van der Waals surface area contributed by atoms with Gasteiger partial charge in [0.2, 0.25) is 5.91 Å². The molecule has 130 valence electrons. The van der Waals surface area contributed by atoms with E-state index in [2.05, 4.69) is 21.2 Å². The standard InChI is InChI=1S/C20H21BrN2O2/c1-23-13-16(15-7-3-5-9-18(15)23)19(24)12-22-20(25)11-10-14-6-2-4-8-17(14)21/h2-9,13,19,24H,10-12H2,1H3,(H,22,25)/t19-/m1/s1. The molecule has 25 heavy (non-hydrogen) atoms. The Morgan fingerprint density at radius 3 is 2.72 bits per heavy atom. The Labute approximate surface area is 155 Å². The fraction of sp³-hybridized carbons (Fsp3) is 0.250. The first-order chi connectivity index (χ1) is 12.1. The molecule has 1 heterocycles. The number of carbonyl (C=O) groups excluding carboxylic acids is 1. The van der Waals surface area contributed by atoms with Crippen molar-refractivity contribution in [1.82, 2.24) is 9.88 Å². The summed E-state index contributed by atoms with van der Waals surface area (Å²) in [6.07, 6.45) is 2.25. The van der Waals surface area contributed by atoms with Crippen LogP contribution >= 0.6 is 15.9 Å². The Kier molecular flexibility index (Phi) is 5.56. The normalized spacial score (nSPS) is 12.3. The van der Waals surface area contributed by atoms with E-state index in [1.54, 1.807) is 0 Å². The van der Waals surface area contributed by atoms with Gasteiger partial charge in [0.1, 0.15) is 0 Å². The Morgan fingerprint density at radius 1 is 1.20 bits per heavy atom. The Bertz CT molecular complexity index is 888. The number of para-hydroxylation sites is 1. The molecule has 0 fully saturated rings. The molecule has 0 saturated carbocycles. The molecule has 1 aromatic heterocycles. The van der Waals surface area contributed by atoms with Gasteiger partial charge in [0, 0.05) is 47.1 Å². The van der Waals surface area contributed by atoms with Crippen molar-refractivity contribution in [3.05, 3.63) is 70.3 Å². The van der Waals surface area contributed by atoms with Gasteiger partial charge in [-0.1, -0.05) is 52.3 Å². The third-order valence-electron chi connectivity index (χ3n) is 4.36. The van der Waals surface area contributed by atoms with Crippen LogP contribution in [-0.4, -0.2) is 22.1 Å². The van der Waals surface area contributed by atoms with Crippen LogP contribution < -0.4 is 5.32 Å². The van der Waals surface area contributed by atoms with E-state index in [0.29, 0.717) is 12.8 Å². The molecule has 0 aliphatic carbocycles. The van der Waals surface area contributed by atoms with Gasteiger partial charge in [0.05, 0.1) is 6.10 Å². The number of aromatic nitrogens is 1. The minimum Gasteiger partial charge on any atom is -0.386 e. The topological polar surface area (TPSA) is 54.3 Å². The number of benzene rings is 2. The third kappa shape index (κ3) is 4.11. The summed E-state index contributed by atoms with van der Waals surface area (Å²) in [4.78, 5) is 12.1. The number of hydrogen-bond acceptors (Lipinski definition) is 2. The van der Waals surface area contributed by atoms with Crippen molar-refractivity contribution in [3.63, 3.8) is 0 Å². The van der Waals surface area contributed by atoms with Crippen LogP contribution in [0.4, 0.5) is 0 Å². The van der Waals surface area contributed by atoms with Gasteiger partial charge in [-0.05, 0) is 24.1 Å². The summed E-state index contributed by atoms with van der Waals surface area (Å²) in [5, 5.41) is 14.3. The fourth-order valence-electron chi connectivity index (χ4n) is 3.00. The highest BCUT2D eigenvalue weighted by atomic mass is 79.9. The van der Waals surface area contributed by atoms with Crippen molar-refractivity contribution >= 4 is 32.7 Å². The number of fused-ring (bicyclic) bond motifs is 1. The Balaban J connectivity index is 1.57. The van der Waals surface area contributed by atoms with Crippen LogP contribution in [-0.2, 0) is 18.3 Å². The van der Waals surface area contributed by atoms with Gasteiger partial charge in [0.25, 0.3) is 0 Å². The van der Waals surface area contributed by atoms with E-state index in [9.17, 15) is 9.90 Å². The number of rotatable bonds is 6. The maximum absolute atomic E-state index is 12.1. The van der Waals surface area contributed by atoms with Gasteiger partial charge in [0.15, 0.2) is 0 Å². The van der Waals surface area contributed by atoms with Crippen LogP contribution in [0, 0.1) is 0 Å². The van der Waals surface area contributed by atoms with Gasteiger partial charge < -0.3 is 15.0 Å². The van der Waals surface area contributed by atoms with Crippen LogP contribution in [0.1, 0.15) is 23.7 Å². The zero-order valence-corrected chi connectivity index (χ0v) is 15.7. The SMILES string of the molecule is Cn1cc([C@H](O)CNC(=O)CCc2ccccc2Br)c2ccccc21. The molecule has 4 nitrogen and oxygen atoms in total. The van der Waals surface area contributed by atoms with Gasteiger partial charge >= 0.3 is 0 Å². The molecule has 2 aromatic carbocycles. The predicted octanol–water partition coefficient (Wildman–Crippen LogP) is 3.72. The minimum absolute atomic E-state index is 0.0601. The molecule has 0 unspecified atom stereocenters. The smallest absolute Gasteiger partial charge is 0.220 e. The summed E-state index contributed by atoms with van der Waals surface area (Å²) >= 11 is 3.49. The lowest BCUT2D eigenvalue weighted by Gasteiger charge is -2.12. The second-order valence-corrected chi connectivity index (χ2v) is 6.98. The second kappa shape index (κ2) is 7.85. The average Bonchev–Trinajstić information content (AvgIpc) is 2.96. The molecular weight excluding hydrogens is 380 g/mol. The molecule has 3 rings (SSSR count). The summed E-state index contributed by atoms with van der Waals surface area (Å²) in [6.45, 7) is 0.211. The van der Waals surface area contributed by atoms with Crippen LogP contribution in [0.25, 0.3) is 10.9 Å². The molecule has 0 saturated heterocycles. The van der Waals surface area contributed by atoms with Crippen molar-refractivity contribution in [2.24, 2.45) is 7.05 Å². The van der Waals surface area contributed by atoms with E-state index in [-0.39, 0.29) is 12.5 Å². The van der Waals surface area contributed by atoms with Crippen LogP contribution in [0.5, 0.6) is 0 Å². The van der Waals surface area contributed by atoms with E-state index in [4.69, 9.17) is 0 Å². The minimum atomic E-state index is -0.724. The number of carbonyl (C=O) groups is 1. The molecule has 0 spiro atoms. The lowest BCUT2D eigenvalue weighted by molar-refractivity contribution is -0.121. The van der Waals surface area contributed by atoms with Crippen LogP contribution in [0.15, 0.2) is 59.2 Å². The zero-order valence-electron chi connectivity index (χ0n) is 14.1. The van der Waals surface area contributed by atoms with Crippen LogP contribution in [0.3, 0.4) is 0 Å². The molecular formula is C20H21BrN2O2. The quantitative estimate of drug-likeness (QED) is 0.662. The van der Waals surface area contributed by atoms with E-state index < -0.39 is 6.10 Å². The largest absolute Gasteiger partial charge is 0.386 e. The van der Waals surface area contributed by atoms with Crippen molar-refractivity contribution < 1.29 is 9.90 Å². The first-order valence-corrected chi connectivity index (χ1v) is 9.07. The van der Waals surface area contributed by atoms with Crippen molar-refractivity contribution in [1.29, 1.82) is 0 Å². The van der Waals surface area contributed by atoms with Crippen molar-refractivity contribution in [2.75, 3.05) is 6.54 Å². The van der Waals surface area contributed by atoms with Gasteiger partial charge in [-0.2, -0.15) is 0 Å². The van der Waals surface area contributed by atoms with E-state index >= 15 is 0 Å². The number of halogens is 1. The second-order valence-electron chi connectivity index (χ2n) is 6.12. The first kappa shape index (κ1) is 17.7. The van der Waals surface area contributed by atoms with Gasteiger partial charge in [-0.25, -0.2) is 0 Å². The number of amides is 1. The summed E-state index contributed by atoms with van der Waals surface area (Å²) in [5.41, 5.74) is 3.01. The van der Waals surface area contributed by atoms with Crippen molar-refractivity contribution in [3.8, 4) is 0 Å². The number of hydrogen-bond donors (Lipinski definition) is 2. The molecule has 1 amide bonds. The Hall–Kier alpha value is -2.11. The highest BCUT2D eigenvalue weighted by Crippen LogP contribution is 2.25. The summed E-state index contributed by atoms with van der Waals surface area (Å²) in [5.74, 6) is -0.0601. The third-order valence-corrected chi connectivity index (χ3v) is 5.13. The summed E-state index contributed by atoms with van der Waals surface area (Å²) in [7, 11) is 1.95. The van der Waals surface area contributed by atoms with E-state index in [1.165, 1.54) is 0 Å². The average molecular weight is 401 g/mol. The molecule has 2 N–H and O–H groups in total. The maximum Gasteiger partial charge on any atom is 0.220 e. The maximum atomic E-state index is 12.1. The Morgan fingerprint density at radius 2 is 1.92 bits per heavy atom. The monoisotopic (exact) mass is 400 g/mol. The highest BCUT2D eigenvalue weighted by Gasteiger charge is 2.15. The lowest BCUT2D eigenvalue weighted by Crippen LogP contribution is -2.28. The molecule has 0 bridgehead atoms. The summed E-state index contributed by atoms with van der Waals surface area (Å²) < 4.78 is 3.00. The number of nitrogens with one attached hydrogen (secondary N) is 1. The molecule has 0 aliphatic heterocycles. The number of aliphatic hydroxyl groups excluding tert-OH is 1. The molecule has 0 aliphatic rings. The zero-order chi connectivity index (χ0) is 17.8. The lowest BCUT2D eigenvalue weighted by atomic mass is 10.1. The van der Waals surface area contributed by atoms with Crippen molar-refractivity contribution in [2.45, 2.75) is 18.9 Å².